The predicted octanol–water partition coefficient (Wildman–Crippen LogP) is 6.27. The van der Waals surface area contributed by atoms with Crippen LogP contribution in [-0.4, -0.2) is 89.5 Å². The molecular weight excluding hydrogens is 724 g/mol. The van der Waals surface area contributed by atoms with Gasteiger partial charge < -0.3 is 40.2 Å². The summed E-state index contributed by atoms with van der Waals surface area (Å²) in [6.07, 6.45) is -1.52. The first-order chi connectivity index (χ1) is 26.2. The van der Waals surface area contributed by atoms with Crippen molar-refractivity contribution in [2.24, 2.45) is 5.92 Å². The van der Waals surface area contributed by atoms with Crippen molar-refractivity contribution >= 4 is 29.4 Å². The lowest BCUT2D eigenvalue weighted by Crippen LogP contribution is -2.51. The Balaban J connectivity index is 1.19. The number of halogens is 4. The third-order valence-corrected chi connectivity index (χ3v) is 9.69. The van der Waals surface area contributed by atoms with Gasteiger partial charge in [-0.3, -0.25) is 9.59 Å². The summed E-state index contributed by atoms with van der Waals surface area (Å²) in [6, 6.07) is 10.2. The molecule has 0 unspecified atom stereocenters. The molecule has 2 aliphatic heterocycles. The molecule has 0 saturated carbocycles. The lowest BCUT2D eigenvalue weighted by Gasteiger charge is -2.34. The van der Waals surface area contributed by atoms with Crippen molar-refractivity contribution < 1.29 is 41.4 Å². The van der Waals surface area contributed by atoms with Crippen LogP contribution in [0.3, 0.4) is 0 Å². The molecule has 4 heterocycles. The number of nitrogens with one attached hydrogen (secondary N) is 4. The van der Waals surface area contributed by atoms with E-state index in [1.54, 1.807) is 29.3 Å². The van der Waals surface area contributed by atoms with Crippen molar-refractivity contribution in [3.05, 3.63) is 78.1 Å². The molecule has 2 aliphatic rings. The minimum absolute atomic E-state index is 0.0911. The second kappa shape index (κ2) is 16.3. The zero-order valence-corrected chi connectivity index (χ0v) is 30.7. The molecule has 6 rings (SSSR count). The third kappa shape index (κ3) is 8.99. The van der Waals surface area contributed by atoms with E-state index in [4.69, 9.17) is 4.74 Å². The van der Waals surface area contributed by atoms with Crippen molar-refractivity contribution in [1.82, 2.24) is 30.5 Å². The average Bonchev–Trinajstić information content (AvgIpc) is 3.85. The molecule has 0 bridgehead atoms. The molecule has 0 spiro atoms. The van der Waals surface area contributed by atoms with E-state index >= 15 is 4.39 Å². The zero-order valence-electron chi connectivity index (χ0n) is 30.7. The van der Waals surface area contributed by atoms with Gasteiger partial charge in [-0.15, -0.1) is 13.2 Å². The molecule has 3 atom stereocenters. The molecule has 2 aromatic carbocycles. The summed E-state index contributed by atoms with van der Waals surface area (Å²) in [6.45, 7) is 8.45. The van der Waals surface area contributed by atoms with Gasteiger partial charge in [0.2, 0.25) is 5.91 Å². The van der Waals surface area contributed by atoms with Crippen LogP contribution in [-0.2, 0) is 9.53 Å². The number of pyridine rings is 1. The van der Waals surface area contributed by atoms with Crippen LogP contribution in [0.25, 0.3) is 22.4 Å². The second-order valence-electron chi connectivity index (χ2n) is 13.8. The Bertz CT molecular complexity index is 2010. The van der Waals surface area contributed by atoms with Crippen molar-refractivity contribution in [2.45, 2.75) is 58.1 Å². The van der Waals surface area contributed by atoms with Crippen LogP contribution in [0.5, 0.6) is 5.75 Å². The number of hydrogen-bond acceptors (Lipinski definition) is 9. The number of anilines is 2. The Morgan fingerprint density at radius 2 is 1.75 bits per heavy atom. The van der Waals surface area contributed by atoms with E-state index in [0.717, 1.165) is 38.2 Å². The lowest BCUT2D eigenvalue weighted by atomic mass is 10.0. The molecule has 0 aliphatic carbocycles. The zero-order chi connectivity index (χ0) is 39.4. The monoisotopic (exact) mass is 766 g/mol. The number of H-pyrrole nitrogens is 1. The largest absolute Gasteiger partial charge is 0.573 e. The number of ether oxygens (including phenoxy) is 2. The molecule has 292 valence electrons. The first kappa shape index (κ1) is 39.0. The number of carbonyl (C=O) groups excluding carboxylic acids is 3. The Hall–Kier alpha value is -5.71. The maximum absolute atomic E-state index is 15.5. The number of piperazine rings is 1. The summed E-state index contributed by atoms with van der Waals surface area (Å²) >= 11 is 0. The van der Waals surface area contributed by atoms with E-state index in [9.17, 15) is 27.6 Å². The second-order valence-corrected chi connectivity index (χ2v) is 13.8. The molecule has 4 N–H and O–H groups in total. The highest BCUT2D eigenvalue weighted by molar-refractivity contribution is 6.04. The molecule has 13 nitrogen and oxygen atoms in total. The van der Waals surface area contributed by atoms with Crippen molar-refractivity contribution in [2.75, 3.05) is 43.5 Å². The fraction of sp³-hybridized carbons (Fsp3) is 0.395. The Labute approximate surface area is 314 Å². The van der Waals surface area contributed by atoms with Crippen LogP contribution >= 0.6 is 0 Å². The van der Waals surface area contributed by atoms with E-state index in [0.29, 0.717) is 35.9 Å². The highest BCUT2D eigenvalue weighted by Gasteiger charge is 2.38. The van der Waals surface area contributed by atoms with Gasteiger partial charge >= 0.3 is 12.5 Å². The SMILES string of the molecule is COC(=O)N[C@H](C(=O)N1CCC[C@H]1c1ncc(-c2ccc(-c3cc(F)c(NC(=O)c4ccc(N5CCNC[C@H]5C)nc4)cc3OC(F)(F)F)cc2)[nH]1)C(C)C. The first-order valence-corrected chi connectivity index (χ1v) is 17.9. The number of aromatic nitrogens is 3. The van der Waals surface area contributed by atoms with E-state index < -0.39 is 41.7 Å². The van der Waals surface area contributed by atoms with Gasteiger partial charge in [-0.25, -0.2) is 19.2 Å². The van der Waals surface area contributed by atoms with Gasteiger partial charge in [0, 0.05) is 50.0 Å². The number of nitrogens with zero attached hydrogens (tertiary/aromatic N) is 4. The molecular formula is C38H42F4N8O5. The molecule has 17 heteroatoms. The normalized spacial score (nSPS) is 17.9. The Morgan fingerprint density at radius 3 is 2.40 bits per heavy atom. The van der Waals surface area contributed by atoms with E-state index in [1.807, 2.05) is 20.8 Å². The number of methoxy groups -OCH3 is 1. The summed E-state index contributed by atoms with van der Waals surface area (Å²) in [7, 11) is 1.23. The Morgan fingerprint density at radius 1 is 1.00 bits per heavy atom. The molecule has 2 saturated heterocycles. The van der Waals surface area contributed by atoms with Crippen LogP contribution in [0.4, 0.5) is 33.9 Å². The highest BCUT2D eigenvalue weighted by Crippen LogP contribution is 2.39. The summed E-state index contributed by atoms with van der Waals surface area (Å²) in [4.78, 5) is 54.3. The van der Waals surface area contributed by atoms with E-state index in [-0.39, 0.29) is 40.6 Å². The molecule has 2 aromatic heterocycles. The number of likely N-dealkylation sites (tertiary alicyclic amines) is 1. The minimum Gasteiger partial charge on any atom is -0.453 e. The van der Waals surface area contributed by atoms with Crippen molar-refractivity contribution in [3.63, 3.8) is 0 Å². The number of alkyl carbamates (subject to hydrolysis) is 1. The summed E-state index contributed by atoms with van der Waals surface area (Å²) in [5.74, 6) is -1.71. The maximum atomic E-state index is 15.5. The van der Waals surface area contributed by atoms with E-state index in [2.05, 4.69) is 40.5 Å². The van der Waals surface area contributed by atoms with Crippen molar-refractivity contribution in [1.29, 1.82) is 0 Å². The van der Waals surface area contributed by atoms with Gasteiger partial charge in [0.1, 0.15) is 29.3 Å². The number of benzene rings is 2. The molecule has 4 aromatic rings. The number of alkyl halides is 3. The van der Waals surface area contributed by atoms with Gasteiger partial charge in [-0.2, -0.15) is 0 Å². The quantitative estimate of drug-likeness (QED) is 0.137. The minimum atomic E-state index is -5.11. The van der Waals surface area contributed by atoms with Crippen LogP contribution in [0.1, 0.15) is 55.8 Å². The van der Waals surface area contributed by atoms with Gasteiger partial charge in [-0.05, 0) is 55.0 Å². The number of aromatic amines is 1. The third-order valence-electron chi connectivity index (χ3n) is 9.69. The first-order valence-electron chi connectivity index (χ1n) is 17.9. The van der Waals surface area contributed by atoms with Crippen molar-refractivity contribution in [3.8, 4) is 28.1 Å². The number of hydrogen-bond donors (Lipinski definition) is 4. The molecule has 55 heavy (non-hydrogen) atoms. The fourth-order valence-electron chi connectivity index (χ4n) is 6.82. The highest BCUT2D eigenvalue weighted by atomic mass is 19.4. The summed E-state index contributed by atoms with van der Waals surface area (Å²) in [5, 5.41) is 8.24. The Kier molecular flexibility index (Phi) is 11.6. The average molecular weight is 767 g/mol. The topological polar surface area (TPSA) is 154 Å². The van der Waals surface area contributed by atoms with Crippen LogP contribution in [0.2, 0.25) is 0 Å². The lowest BCUT2D eigenvalue weighted by molar-refractivity contribution is -0.274. The van der Waals surface area contributed by atoms with Crippen LogP contribution < -0.4 is 25.6 Å². The number of amides is 3. The predicted molar refractivity (Wildman–Crippen MR) is 196 cm³/mol. The van der Waals surface area contributed by atoms with Gasteiger partial charge in [0.15, 0.2) is 0 Å². The standard InChI is InChI=1S/C38H42F4N8O5/c1-21(2)33(48-37(53)54-4)36(52)50-14-5-6-30(50)34-45-20-29(46-34)24-9-7-23(8-10-24)26-16-27(39)28(17-31(26)55-38(40,41)42)47-35(51)25-11-12-32(44-19-25)49-15-13-43-18-22(49)3/h7-12,16-17,19-22,30,33,43H,5-6,13-15,18H2,1-4H3,(H,45,46)(H,47,51)(H,48,53)/t22-,30+,33+/m1/s1. The molecule has 0 radical (unpaired) electrons. The molecule has 2 fully saturated rings. The summed E-state index contributed by atoms with van der Waals surface area (Å²) < 4.78 is 65.2. The number of carbonyl (C=O) groups is 3. The smallest absolute Gasteiger partial charge is 0.453 e. The number of rotatable bonds is 10. The molecule has 3 amide bonds. The fourth-order valence-corrected chi connectivity index (χ4v) is 6.82. The summed E-state index contributed by atoms with van der Waals surface area (Å²) in [5.41, 5.74) is 0.811. The van der Waals surface area contributed by atoms with E-state index in [1.165, 1.54) is 31.5 Å². The maximum Gasteiger partial charge on any atom is 0.573 e. The van der Waals surface area contributed by atoms with Crippen LogP contribution in [0.15, 0.2) is 60.9 Å². The van der Waals surface area contributed by atoms with Gasteiger partial charge in [0.25, 0.3) is 5.91 Å². The number of imidazole rings is 1. The van der Waals surface area contributed by atoms with Gasteiger partial charge in [0.05, 0.1) is 36.3 Å². The van der Waals surface area contributed by atoms with Crippen LogP contribution in [0, 0.1) is 11.7 Å². The van der Waals surface area contributed by atoms with Gasteiger partial charge in [-0.1, -0.05) is 38.1 Å².